The largest absolute Gasteiger partial charge is 0.340 e. The van der Waals surface area contributed by atoms with Crippen LogP contribution in [0.2, 0.25) is 0 Å². The molecule has 0 radical (unpaired) electrons. The lowest BCUT2D eigenvalue weighted by Gasteiger charge is -2.33. The van der Waals surface area contributed by atoms with Gasteiger partial charge in [0.25, 0.3) is 0 Å². The van der Waals surface area contributed by atoms with Gasteiger partial charge in [-0.3, -0.25) is 15.0 Å². The fraction of sp³-hybridized carbons (Fsp3) is 0.550. The molecule has 2 N–H and O–H groups in total. The number of aryl methyl sites for hydroxylation is 1. The molecule has 1 aromatic heterocycles. The average Bonchev–Trinajstić information content (AvgIpc) is 3.23. The van der Waals surface area contributed by atoms with Crippen molar-refractivity contribution < 1.29 is 13.2 Å². The van der Waals surface area contributed by atoms with Gasteiger partial charge in [0.2, 0.25) is 27.8 Å². The first-order valence-corrected chi connectivity index (χ1v) is 12.1. The molecule has 2 aromatic rings. The predicted octanol–water partition coefficient (Wildman–Crippen LogP) is 1.05. The highest BCUT2D eigenvalue weighted by atomic mass is 32.2. The molecule has 10 nitrogen and oxygen atoms in total. The van der Waals surface area contributed by atoms with Crippen LogP contribution < -0.4 is 10.2 Å². The number of aromatic amines is 1. The van der Waals surface area contributed by atoms with E-state index in [4.69, 9.17) is 0 Å². The van der Waals surface area contributed by atoms with Gasteiger partial charge in [-0.15, -0.1) is 5.10 Å². The molecule has 2 aliphatic rings. The highest BCUT2D eigenvalue weighted by Gasteiger charge is 2.29. The number of hydrogen-bond donors (Lipinski definition) is 2. The zero-order valence-electron chi connectivity index (χ0n) is 17.7. The van der Waals surface area contributed by atoms with Crippen LogP contribution in [-0.4, -0.2) is 84.5 Å². The maximum absolute atomic E-state index is 12.8. The van der Waals surface area contributed by atoms with E-state index in [9.17, 15) is 13.2 Å². The minimum absolute atomic E-state index is 0.179. The Balaban J connectivity index is 1.26. The smallest absolute Gasteiger partial charge is 0.246 e. The third-order valence-corrected chi connectivity index (χ3v) is 7.64. The van der Waals surface area contributed by atoms with Crippen LogP contribution in [0.4, 0.5) is 11.9 Å². The summed E-state index contributed by atoms with van der Waals surface area (Å²) in [6.45, 7) is 5.66. The molecule has 3 heterocycles. The van der Waals surface area contributed by atoms with E-state index in [1.807, 2.05) is 11.8 Å². The Morgan fingerprint density at radius 3 is 2.39 bits per heavy atom. The highest BCUT2D eigenvalue weighted by Crippen LogP contribution is 2.19. The molecule has 168 valence electrons. The van der Waals surface area contributed by atoms with Crippen molar-refractivity contribution >= 4 is 27.8 Å². The summed E-state index contributed by atoms with van der Waals surface area (Å²) in [6, 6.07) is 6.88. The number of piperazine rings is 1. The average molecular weight is 448 g/mol. The normalized spacial score (nSPS) is 18.8. The number of carbonyl (C=O) groups excluding carboxylic acids is 1. The fourth-order valence-electron chi connectivity index (χ4n) is 3.91. The van der Waals surface area contributed by atoms with Gasteiger partial charge in [-0.05, 0) is 38.3 Å². The van der Waals surface area contributed by atoms with Crippen LogP contribution in [0.25, 0.3) is 0 Å². The number of nitrogens with zero attached hydrogens (tertiary/aromatic N) is 5. The van der Waals surface area contributed by atoms with Crippen molar-refractivity contribution in [3.63, 3.8) is 0 Å². The van der Waals surface area contributed by atoms with Gasteiger partial charge in [0.1, 0.15) is 0 Å². The van der Waals surface area contributed by atoms with E-state index in [-0.39, 0.29) is 12.5 Å². The second-order valence-electron chi connectivity index (χ2n) is 8.07. The molecule has 0 bridgehead atoms. The second kappa shape index (κ2) is 9.33. The molecule has 1 aromatic carbocycles. The number of aromatic nitrogens is 3. The molecule has 31 heavy (non-hydrogen) atoms. The number of nitrogens with one attached hydrogen (secondary N) is 2. The fourth-order valence-corrected chi connectivity index (χ4v) is 5.33. The number of anilines is 2. The Labute approximate surface area is 182 Å². The first-order chi connectivity index (χ1) is 14.9. The van der Waals surface area contributed by atoms with Crippen molar-refractivity contribution in [2.45, 2.75) is 31.1 Å². The van der Waals surface area contributed by atoms with Gasteiger partial charge in [0.05, 0.1) is 11.4 Å². The molecule has 0 atom stereocenters. The molecule has 11 heteroatoms. The number of amides is 1. The van der Waals surface area contributed by atoms with Gasteiger partial charge in [-0.2, -0.15) is 9.29 Å². The minimum atomic E-state index is -3.51. The molecule has 0 saturated carbocycles. The third-order valence-electron chi connectivity index (χ3n) is 5.73. The SMILES string of the molecule is Cc1ccc(S(=O)(=O)N2CCN(CC(=O)Nc3nc(N4CCCCC4)n[nH]3)CC2)cc1. The van der Waals surface area contributed by atoms with Crippen LogP contribution >= 0.6 is 0 Å². The summed E-state index contributed by atoms with van der Waals surface area (Å²) < 4.78 is 27.1. The van der Waals surface area contributed by atoms with Crippen molar-refractivity contribution in [2.24, 2.45) is 0 Å². The molecule has 2 aliphatic heterocycles. The van der Waals surface area contributed by atoms with Gasteiger partial charge >= 0.3 is 0 Å². The van der Waals surface area contributed by atoms with Gasteiger partial charge in [0.15, 0.2) is 0 Å². The molecule has 0 aliphatic carbocycles. The number of carbonyl (C=O) groups is 1. The van der Waals surface area contributed by atoms with E-state index in [1.54, 1.807) is 24.3 Å². The standard InChI is InChI=1S/C20H29N7O3S/c1-16-5-7-17(8-6-16)31(29,30)27-13-11-25(12-14-27)15-18(28)21-19-22-20(24-23-19)26-9-3-2-4-10-26/h5-8H,2-4,9-15H2,1H3,(H2,21,22,23,24,28). The Morgan fingerprint density at radius 2 is 1.71 bits per heavy atom. The third kappa shape index (κ3) is 5.23. The minimum Gasteiger partial charge on any atom is -0.340 e. The van der Waals surface area contributed by atoms with E-state index in [2.05, 4.69) is 25.4 Å². The number of benzene rings is 1. The van der Waals surface area contributed by atoms with E-state index in [0.29, 0.717) is 43.0 Å². The van der Waals surface area contributed by atoms with Crippen molar-refractivity contribution in [1.29, 1.82) is 0 Å². The predicted molar refractivity (Wildman–Crippen MR) is 117 cm³/mol. The molecule has 2 saturated heterocycles. The van der Waals surface area contributed by atoms with Crippen LogP contribution in [-0.2, 0) is 14.8 Å². The summed E-state index contributed by atoms with van der Waals surface area (Å²) in [5, 5.41) is 9.73. The number of sulfonamides is 1. The monoisotopic (exact) mass is 447 g/mol. The Kier molecular flexibility index (Phi) is 6.54. The Morgan fingerprint density at radius 1 is 1.03 bits per heavy atom. The molecular weight excluding hydrogens is 418 g/mol. The molecule has 1 amide bonds. The highest BCUT2D eigenvalue weighted by molar-refractivity contribution is 7.89. The Hall–Kier alpha value is -2.50. The summed E-state index contributed by atoms with van der Waals surface area (Å²) in [6.07, 6.45) is 3.48. The van der Waals surface area contributed by atoms with E-state index in [0.717, 1.165) is 31.5 Å². The van der Waals surface area contributed by atoms with E-state index < -0.39 is 10.0 Å². The summed E-state index contributed by atoms with van der Waals surface area (Å²) in [4.78, 5) is 21.1. The van der Waals surface area contributed by atoms with Gasteiger partial charge < -0.3 is 4.90 Å². The van der Waals surface area contributed by atoms with Crippen LogP contribution in [0.15, 0.2) is 29.2 Å². The van der Waals surface area contributed by atoms with Crippen molar-refractivity contribution in [1.82, 2.24) is 24.4 Å². The topological polar surface area (TPSA) is 115 Å². The molecular formula is C20H29N7O3S. The summed E-state index contributed by atoms with van der Waals surface area (Å²) >= 11 is 0. The first-order valence-electron chi connectivity index (χ1n) is 10.7. The van der Waals surface area contributed by atoms with Gasteiger partial charge in [0, 0.05) is 39.3 Å². The summed E-state index contributed by atoms with van der Waals surface area (Å²) in [5.74, 6) is 0.757. The lowest BCUT2D eigenvalue weighted by atomic mass is 10.1. The molecule has 0 unspecified atom stereocenters. The van der Waals surface area contributed by atoms with E-state index in [1.165, 1.54) is 10.7 Å². The van der Waals surface area contributed by atoms with Crippen molar-refractivity contribution in [2.75, 3.05) is 56.0 Å². The van der Waals surface area contributed by atoms with E-state index >= 15 is 0 Å². The maximum Gasteiger partial charge on any atom is 0.246 e. The lowest BCUT2D eigenvalue weighted by molar-refractivity contribution is -0.117. The number of piperidine rings is 1. The van der Waals surface area contributed by atoms with Crippen molar-refractivity contribution in [3.8, 4) is 0 Å². The Bertz CT molecular complexity index is 992. The molecule has 4 rings (SSSR count). The van der Waals surface area contributed by atoms with Crippen LogP contribution in [0.3, 0.4) is 0 Å². The first kappa shape index (κ1) is 21.7. The van der Waals surface area contributed by atoms with Crippen LogP contribution in [0.5, 0.6) is 0 Å². The second-order valence-corrected chi connectivity index (χ2v) is 10.0. The quantitative estimate of drug-likeness (QED) is 0.680. The van der Waals surface area contributed by atoms with Gasteiger partial charge in [-0.1, -0.05) is 17.7 Å². The number of rotatable bonds is 6. The maximum atomic E-state index is 12.8. The number of hydrogen-bond acceptors (Lipinski definition) is 7. The summed E-state index contributed by atoms with van der Waals surface area (Å²) in [7, 11) is -3.51. The number of H-pyrrole nitrogens is 1. The molecule has 0 spiro atoms. The van der Waals surface area contributed by atoms with Crippen molar-refractivity contribution in [3.05, 3.63) is 29.8 Å². The lowest BCUT2D eigenvalue weighted by Crippen LogP contribution is -2.50. The molecule has 2 fully saturated rings. The summed E-state index contributed by atoms with van der Waals surface area (Å²) in [5.41, 5.74) is 1.02. The zero-order chi connectivity index (χ0) is 21.8. The van der Waals surface area contributed by atoms with Gasteiger partial charge in [-0.25, -0.2) is 13.5 Å². The zero-order valence-corrected chi connectivity index (χ0v) is 18.6. The van der Waals surface area contributed by atoms with Crippen LogP contribution in [0.1, 0.15) is 24.8 Å². The van der Waals surface area contributed by atoms with Crippen LogP contribution in [0, 0.1) is 6.92 Å².